The second-order valence-corrected chi connectivity index (χ2v) is 9.74. The number of imide groups is 1. The quantitative estimate of drug-likeness (QED) is 0.316. The highest BCUT2D eigenvalue weighted by atomic mass is 32.2. The minimum absolute atomic E-state index is 0.00866. The molecule has 0 radical (unpaired) electrons. The van der Waals surface area contributed by atoms with Crippen LogP contribution in [0.25, 0.3) is 6.08 Å². The standard InChI is InChI=1S/C25H25FN4O6S/c26-19-3-1-17(2-4-19)16-29-24(31)23(37-25(29)32)14-18-13-22(30(33)34)21(28-7-11-36-12-8-28)15-20(18)27-5-9-35-10-6-27/h1-4,13-15H,5-12,16H2/b23-14-. The molecular weight excluding hydrogens is 503 g/mol. The molecular formula is C25H25FN4O6S. The molecule has 2 amide bonds. The van der Waals surface area contributed by atoms with E-state index in [0.717, 1.165) is 22.3 Å². The Morgan fingerprint density at radius 2 is 1.54 bits per heavy atom. The van der Waals surface area contributed by atoms with E-state index < -0.39 is 21.9 Å². The second kappa shape index (κ2) is 10.9. The van der Waals surface area contributed by atoms with Crippen molar-refractivity contribution < 1.29 is 28.4 Å². The highest BCUT2D eigenvalue weighted by molar-refractivity contribution is 8.18. The van der Waals surface area contributed by atoms with E-state index in [1.165, 1.54) is 30.3 Å². The summed E-state index contributed by atoms with van der Waals surface area (Å²) >= 11 is 0.785. The average Bonchev–Trinajstić information content (AvgIpc) is 3.17. The van der Waals surface area contributed by atoms with Crippen molar-refractivity contribution in [3.8, 4) is 0 Å². The molecule has 0 atom stereocenters. The smallest absolute Gasteiger partial charge is 0.293 e. The van der Waals surface area contributed by atoms with Crippen molar-refractivity contribution in [3.05, 3.63) is 68.4 Å². The van der Waals surface area contributed by atoms with Crippen LogP contribution in [0, 0.1) is 15.9 Å². The van der Waals surface area contributed by atoms with Crippen molar-refractivity contribution in [3.63, 3.8) is 0 Å². The first-order valence-corrected chi connectivity index (χ1v) is 12.7. The molecule has 12 heteroatoms. The summed E-state index contributed by atoms with van der Waals surface area (Å²) in [7, 11) is 0. The lowest BCUT2D eigenvalue weighted by Gasteiger charge is -2.33. The predicted molar refractivity (Wildman–Crippen MR) is 137 cm³/mol. The fourth-order valence-corrected chi connectivity index (χ4v) is 5.36. The number of hydrogen-bond donors (Lipinski definition) is 0. The Morgan fingerprint density at radius 1 is 0.946 bits per heavy atom. The van der Waals surface area contributed by atoms with Crippen LogP contribution in [0.1, 0.15) is 11.1 Å². The van der Waals surface area contributed by atoms with Crippen LogP contribution in [0.15, 0.2) is 41.3 Å². The highest BCUT2D eigenvalue weighted by Gasteiger charge is 2.36. The van der Waals surface area contributed by atoms with Gasteiger partial charge in [-0.25, -0.2) is 4.39 Å². The lowest BCUT2D eigenvalue weighted by atomic mass is 10.1. The van der Waals surface area contributed by atoms with Crippen LogP contribution in [0.3, 0.4) is 0 Å². The van der Waals surface area contributed by atoms with Crippen LogP contribution in [0.4, 0.5) is 26.2 Å². The van der Waals surface area contributed by atoms with Gasteiger partial charge in [0.05, 0.1) is 42.8 Å². The highest BCUT2D eigenvalue weighted by Crippen LogP contribution is 2.40. The Kier molecular flexibility index (Phi) is 7.40. The second-order valence-electron chi connectivity index (χ2n) is 8.75. The number of morpholine rings is 2. The van der Waals surface area contributed by atoms with Crippen LogP contribution in [0.5, 0.6) is 0 Å². The zero-order valence-electron chi connectivity index (χ0n) is 19.9. The van der Waals surface area contributed by atoms with Crippen molar-refractivity contribution in [1.29, 1.82) is 0 Å². The van der Waals surface area contributed by atoms with Gasteiger partial charge in [-0.15, -0.1) is 0 Å². The third kappa shape index (κ3) is 5.45. The summed E-state index contributed by atoms with van der Waals surface area (Å²) < 4.78 is 24.2. The maximum atomic E-state index is 13.3. The van der Waals surface area contributed by atoms with Gasteiger partial charge in [0.2, 0.25) is 0 Å². The van der Waals surface area contributed by atoms with Crippen LogP contribution in [0.2, 0.25) is 0 Å². The molecule has 0 N–H and O–H groups in total. The first-order valence-electron chi connectivity index (χ1n) is 11.9. The zero-order chi connectivity index (χ0) is 25.9. The lowest BCUT2D eigenvalue weighted by Crippen LogP contribution is -2.38. The number of ether oxygens (including phenoxy) is 2. The Balaban J connectivity index is 1.52. The van der Waals surface area contributed by atoms with Crippen molar-refractivity contribution in [2.45, 2.75) is 6.54 Å². The number of nitro benzene ring substituents is 1. The van der Waals surface area contributed by atoms with E-state index in [4.69, 9.17) is 9.47 Å². The molecule has 3 aliphatic heterocycles. The van der Waals surface area contributed by atoms with E-state index in [0.29, 0.717) is 69.4 Å². The minimum atomic E-state index is -0.493. The Bertz CT molecular complexity index is 1240. The summed E-state index contributed by atoms with van der Waals surface area (Å²) in [5.74, 6) is -0.900. The summed E-state index contributed by atoms with van der Waals surface area (Å²) in [5.41, 5.74) is 2.26. The number of anilines is 2. The molecule has 2 aromatic rings. The van der Waals surface area contributed by atoms with Crippen molar-refractivity contribution in [2.24, 2.45) is 0 Å². The first kappa shape index (κ1) is 25.2. The number of thioether (sulfide) groups is 1. The van der Waals surface area contributed by atoms with Crippen LogP contribution >= 0.6 is 11.8 Å². The largest absolute Gasteiger partial charge is 0.378 e. The number of nitro groups is 1. The van der Waals surface area contributed by atoms with Gasteiger partial charge in [-0.3, -0.25) is 24.6 Å². The summed E-state index contributed by atoms with van der Waals surface area (Å²) in [5, 5.41) is 11.6. The Morgan fingerprint density at radius 3 is 2.14 bits per heavy atom. The molecule has 2 aromatic carbocycles. The van der Waals surface area contributed by atoms with Crippen LogP contribution in [-0.4, -0.2) is 73.6 Å². The molecule has 0 aromatic heterocycles. The molecule has 37 heavy (non-hydrogen) atoms. The van der Waals surface area contributed by atoms with E-state index in [1.54, 1.807) is 12.1 Å². The van der Waals surface area contributed by atoms with Crippen LogP contribution in [-0.2, 0) is 20.8 Å². The molecule has 0 aliphatic carbocycles. The van der Waals surface area contributed by atoms with E-state index >= 15 is 0 Å². The normalized spacial score (nSPS) is 19.7. The van der Waals surface area contributed by atoms with Gasteiger partial charge in [-0.05, 0) is 41.6 Å². The number of rotatable bonds is 6. The molecule has 194 valence electrons. The summed E-state index contributed by atoms with van der Waals surface area (Å²) in [6, 6.07) is 8.86. The van der Waals surface area contributed by atoms with E-state index in [1.807, 2.05) is 4.90 Å². The zero-order valence-corrected chi connectivity index (χ0v) is 20.7. The van der Waals surface area contributed by atoms with Crippen LogP contribution < -0.4 is 9.80 Å². The molecule has 5 rings (SSSR count). The third-order valence-electron chi connectivity index (χ3n) is 6.44. The molecule has 3 heterocycles. The fourth-order valence-electron chi connectivity index (χ4n) is 4.53. The molecule has 0 bridgehead atoms. The van der Waals surface area contributed by atoms with E-state index in [2.05, 4.69) is 4.90 Å². The number of benzene rings is 2. The number of halogens is 1. The van der Waals surface area contributed by atoms with E-state index in [9.17, 15) is 24.1 Å². The van der Waals surface area contributed by atoms with E-state index in [-0.39, 0.29) is 17.1 Å². The first-order chi connectivity index (χ1) is 17.9. The topological polar surface area (TPSA) is 105 Å². The van der Waals surface area contributed by atoms with Gasteiger partial charge in [0.1, 0.15) is 11.5 Å². The predicted octanol–water partition coefficient (Wildman–Crippen LogP) is 3.64. The number of amides is 2. The maximum absolute atomic E-state index is 13.3. The Hall–Kier alpha value is -3.48. The molecule has 0 spiro atoms. The molecule has 3 aliphatic rings. The number of carbonyl (C=O) groups is 2. The third-order valence-corrected chi connectivity index (χ3v) is 7.35. The minimum Gasteiger partial charge on any atom is -0.378 e. The van der Waals surface area contributed by atoms with Crippen molar-refractivity contribution in [2.75, 3.05) is 62.4 Å². The van der Waals surface area contributed by atoms with Gasteiger partial charge in [0.25, 0.3) is 16.8 Å². The van der Waals surface area contributed by atoms with Gasteiger partial charge in [0.15, 0.2) is 0 Å². The summed E-state index contributed by atoms with van der Waals surface area (Å²) in [6.45, 7) is 4.24. The number of hydrogen-bond acceptors (Lipinski definition) is 9. The van der Waals surface area contributed by atoms with Gasteiger partial charge in [-0.2, -0.15) is 0 Å². The SMILES string of the molecule is O=C1S/C(=C\c2cc([N+](=O)[O-])c(N3CCOCC3)cc2N2CCOCC2)C(=O)N1Cc1ccc(F)cc1. The van der Waals surface area contributed by atoms with Gasteiger partial charge in [0, 0.05) is 43.5 Å². The summed E-state index contributed by atoms with van der Waals surface area (Å²) in [4.78, 5) is 42.8. The van der Waals surface area contributed by atoms with Crippen molar-refractivity contribution in [1.82, 2.24) is 4.90 Å². The van der Waals surface area contributed by atoms with Crippen molar-refractivity contribution >= 4 is 46.0 Å². The Labute approximate surface area is 216 Å². The number of carbonyl (C=O) groups excluding carboxylic acids is 2. The maximum Gasteiger partial charge on any atom is 0.293 e. The van der Waals surface area contributed by atoms with Gasteiger partial charge >= 0.3 is 0 Å². The van der Waals surface area contributed by atoms with Gasteiger partial charge < -0.3 is 19.3 Å². The van der Waals surface area contributed by atoms with Gasteiger partial charge in [-0.1, -0.05) is 12.1 Å². The monoisotopic (exact) mass is 528 g/mol. The average molecular weight is 529 g/mol. The molecule has 0 unspecified atom stereocenters. The fraction of sp³-hybridized carbons (Fsp3) is 0.360. The molecule has 3 saturated heterocycles. The number of nitrogens with zero attached hydrogens (tertiary/aromatic N) is 4. The molecule has 10 nitrogen and oxygen atoms in total. The summed E-state index contributed by atoms with van der Waals surface area (Å²) in [6.07, 6.45) is 1.55. The lowest BCUT2D eigenvalue weighted by molar-refractivity contribution is -0.384. The molecule has 3 fully saturated rings. The molecule has 0 saturated carbocycles.